The molecule has 2 heterocycles. The summed E-state index contributed by atoms with van der Waals surface area (Å²) in [6.45, 7) is 3.55. The summed E-state index contributed by atoms with van der Waals surface area (Å²) >= 11 is 1.90. The number of anilines is 2. The Morgan fingerprint density at radius 2 is 1.96 bits per heavy atom. The van der Waals surface area contributed by atoms with Crippen molar-refractivity contribution in [3.05, 3.63) is 47.7 Å². The highest BCUT2D eigenvalue weighted by Crippen LogP contribution is 2.26. The first kappa shape index (κ1) is 18.7. The Morgan fingerprint density at radius 1 is 1.23 bits per heavy atom. The molecule has 1 aromatic carbocycles. The number of benzene rings is 1. The molecule has 6 nitrogen and oxygen atoms in total. The van der Waals surface area contributed by atoms with Gasteiger partial charge in [-0.2, -0.15) is 11.8 Å². The summed E-state index contributed by atoms with van der Waals surface area (Å²) in [4.78, 5) is 19.5. The molecule has 1 fully saturated rings. The SMILES string of the molecule is Cc1ccc(S(C)(=O)=O)cc1C(=O)Nc1cccnc1N1CCSCC1. The van der Waals surface area contributed by atoms with Crippen LogP contribution in [-0.4, -0.2) is 50.2 Å². The Morgan fingerprint density at radius 3 is 2.65 bits per heavy atom. The second-order valence-electron chi connectivity index (χ2n) is 6.18. The fraction of sp³-hybridized carbons (Fsp3) is 0.333. The Bertz CT molecular complexity index is 923. The number of carbonyl (C=O) groups is 1. The topological polar surface area (TPSA) is 79.4 Å². The summed E-state index contributed by atoms with van der Waals surface area (Å²) < 4.78 is 23.6. The van der Waals surface area contributed by atoms with Gasteiger partial charge in [-0.3, -0.25) is 4.79 Å². The highest BCUT2D eigenvalue weighted by molar-refractivity contribution is 7.99. The second-order valence-corrected chi connectivity index (χ2v) is 9.42. The molecule has 0 radical (unpaired) electrons. The number of pyridine rings is 1. The predicted molar refractivity (Wildman–Crippen MR) is 106 cm³/mol. The van der Waals surface area contributed by atoms with Crippen molar-refractivity contribution in [2.45, 2.75) is 11.8 Å². The number of rotatable bonds is 4. The summed E-state index contributed by atoms with van der Waals surface area (Å²) in [7, 11) is -3.38. The van der Waals surface area contributed by atoms with Crippen molar-refractivity contribution in [3.8, 4) is 0 Å². The molecule has 1 N–H and O–H groups in total. The van der Waals surface area contributed by atoms with Crippen LogP contribution in [0.15, 0.2) is 41.4 Å². The van der Waals surface area contributed by atoms with Crippen molar-refractivity contribution in [2.75, 3.05) is 41.1 Å². The van der Waals surface area contributed by atoms with Crippen molar-refractivity contribution in [3.63, 3.8) is 0 Å². The molecule has 3 rings (SSSR count). The van der Waals surface area contributed by atoms with Crippen molar-refractivity contribution in [1.29, 1.82) is 0 Å². The molecular formula is C18H21N3O3S2. The van der Waals surface area contributed by atoms with Crippen LogP contribution in [-0.2, 0) is 9.84 Å². The van der Waals surface area contributed by atoms with E-state index in [9.17, 15) is 13.2 Å². The van der Waals surface area contributed by atoms with E-state index in [-0.39, 0.29) is 10.8 Å². The summed E-state index contributed by atoms with van der Waals surface area (Å²) in [5, 5.41) is 2.90. The Balaban J connectivity index is 1.89. The predicted octanol–water partition coefficient (Wildman–Crippen LogP) is 2.60. The highest BCUT2D eigenvalue weighted by atomic mass is 32.2. The van der Waals surface area contributed by atoms with Gasteiger partial charge in [0.1, 0.15) is 0 Å². The van der Waals surface area contributed by atoms with Crippen LogP contribution < -0.4 is 10.2 Å². The lowest BCUT2D eigenvalue weighted by Gasteiger charge is -2.29. The number of nitrogens with zero attached hydrogens (tertiary/aromatic N) is 2. The Kier molecular flexibility index (Phi) is 5.52. The number of amides is 1. The molecule has 0 spiro atoms. The maximum absolute atomic E-state index is 12.8. The van der Waals surface area contributed by atoms with E-state index in [0.717, 1.165) is 42.2 Å². The smallest absolute Gasteiger partial charge is 0.256 e. The minimum atomic E-state index is -3.38. The average molecular weight is 392 g/mol. The lowest BCUT2D eigenvalue weighted by Crippen LogP contribution is -2.34. The van der Waals surface area contributed by atoms with Crippen LogP contribution in [0.4, 0.5) is 11.5 Å². The summed E-state index contributed by atoms with van der Waals surface area (Å²) in [5.41, 5.74) is 1.69. The van der Waals surface area contributed by atoms with E-state index in [1.807, 2.05) is 17.8 Å². The van der Waals surface area contributed by atoms with E-state index < -0.39 is 9.84 Å². The van der Waals surface area contributed by atoms with Gasteiger partial charge in [0.2, 0.25) is 0 Å². The monoisotopic (exact) mass is 391 g/mol. The van der Waals surface area contributed by atoms with Gasteiger partial charge < -0.3 is 10.2 Å². The van der Waals surface area contributed by atoms with Crippen molar-refractivity contribution >= 4 is 39.0 Å². The van der Waals surface area contributed by atoms with E-state index >= 15 is 0 Å². The minimum Gasteiger partial charge on any atom is -0.353 e. The number of aromatic nitrogens is 1. The number of hydrogen-bond donors (Lipinski definition) is 1. The molecule has 0 unspecified atom stereocenters. The van der Waals surface area contributed by atoms with Crippen molar-refractivity contribution < 1.29 is 13.2 Å². The van der Waals surface area contributed by atoms with E-state index in [0.29, 0.717) is 11.3 Å². The number of thioether (sulfide) groups is 1. The molecule has 1 aliphatic heterocycles. The Labute approximate surface area is 157 Å². The summed E-state index contributed by atoms with van der Waals surface area (Å²) in [6, 6.07) is 8.18. The van der Waals surface area contributed by atoms with Crippen LogP contribution in [0.3, 0.4) is 0 Å². The zero-order valence-electron chi connectivity index (χ0n) is 14.7. The molecule has 138 valence electrons. The standard InChI is InChI=1S/C18H21N3O3S2/c1-13-5-6-14(26(2,23)24)12-15(13)18(22)20-16-4-3-7-19-17(16)21-8-10-25-11-9-21/h3-7,12H,8-11H2,1-2H3,(H,20,22). The molecule has 0 bridgehead atoms. The highest BCUT2D eigenvalue weighted by Gasteiger charge is 2.19. The first-order valence-electron chi connectivity index (χ1n) is 8.26. The number of nitrogens with one attached hydrogen (secondary N) is 1. The maximum Gasteiger partial charge on any atom is 0.256 e. The molecule has 1 aliphatic rings. The molecule has 0 saturated carbocycles. The van der Waals surface area contributed by atoms with Gasteiger partial charge in [-0.1, -0.05) is 6.07 Å². The molecular weight excluding hydrogens is 370 g/mol. The maximum atomic E-state index is 12.8. The van der Waals surface area contributed by atoms with Gasteiger partial charge in [0.15, 0.2) is 15.7 Å². The second kappa shape index (κ2) is 7.67. The van der Waals surface area contributed by atoms with Gasteiger partial charge in [-0.15, -0.1) is 0 Å². The number of hydrogen-bond acceptors (Lipinski definition) is 6. The molecule has 0 atom stereocenters. The molecule has 8 heteroatoms. The van der Waals surface area contributed by atoms with Crippen molar-refractivity contribution in [1.82, 2.24) is 4.98 Å². The average Bonchev–Trinajstić information content (AvgIpc) is 2.62. The molecule has 0 aliphatic carbocycles. The van der Waals surface area contributed by atoms with E-state index in [2.05, 4.69) is 15.2 Å². The molecule has 2 aromatic rings. The first-order valence-corrected chi connectivity index (χ1v) is 11.3. The van der Waals surface area contributed by atoms with E-state index in [1.165, 1.54) is 12.1 Å². The van der Waals surface area contributed by atoms with Crippen LogP contribution in [0.1, 0.15) is 15.9 Å². The van der Waals surface area contributed by atoms with Gasteiger partial charge in [0.05, 0.1) is 10.6 Å². The van der Waals surface area contributed by atoms with Crippen LogP contribution in [0, 0.1) is 6.92 Å². The number of sulfone groups is 1. The van der Waals surface area contributed by atoms with E-state index in [4.69, 9.17) is 0 Å². The third-order valence-electron chi connectivity index (χ3n) is 4.23. The van der Waals surface area contributed by atoms with Crippen LogP contribution in [0.25, 0.3) is 0 Å². The van der Waals surface area contributed by atoms with Crippen LogP contribution in [0.2, 0.25) is 0 Å². The third kappa shape index (κ3) is 4.19. The fourth-order valence-electron chi connectivity index (χ4n) is 2.79. The molecule has 1 saturated heterocycles. The van der Waals surface area contributed by atoms with Crippen LogP contribution in [0.5, 0.6) is 0 Å². The van der Waals surface area contributed by atoms with Gasteiger partial charge in [-0.05, 0) is 36.8 Å². The molecule has 1 aromatic heterocycles. The molecule has 1 amide bonds. The van der Waals surface area contributed by atoms with Gasteiger partial charge >= 0.3 is 0 Å². The molecule has 26 heavy (non-hydrogen) atoms. The summed E-state index contributed by atoms with van der Waals surface area (Å²) in [5.74, 6) is 2.46. The Hall–Kier alpha value is -2.06. The normalized spacial score (nSPS) is 14.9. The van der Waals surface area contributed by atoms with Gasteiger partial charge in [0, 0.05) is 42.6 Å². The largest absolute Gasteiger partial charge is 0.353 e. The lowest BCUT2D eigenvalue weighted by atomic mass is 10.1. The van der Waals surface area contributed by atoms with Gasteiger partial charge in [-0.25, -0.2) is 13.4 Å². The fourth-order valence-corrected chi connectivity index (χ4v) is 4.34. The van der Waals surface area contributed by atoms with Crippen molar-refractivity contribution in [2.24, 2.45) is 0 Å². The number of carbonyl (C=O) groups excluding carboxylic acids is 1. The number of aryl methyl sites for hydroxylation is 1. The minimum absolute atomic E-state index is 0.132. The first-order chi connectivity index (χ1) is 12.4. The van der Waals surface area contributed by atoms with Crippen LogP contribution >= 0.6 is 11.8 Å². The zero-order valence-corrected chi connectivity index (χ0v) is 16.4. The summed E-state index contributed by atoms with van der Waals surface area (Å²) in [6.07, 6.45) is 2.84. The van der Waals surface area contributed by atoms with E-state index in [1.54, 1.807) is 25.3 Å². The van der Waals surface area contributed by atoms with Gasteiger partial charge in [0.25, 0.3) is 5.91 Å². The zero-order chi connectivity index (χ0) is 18.7. The quantitative estimate of drug-likeness (QED) is 0.863. The lowest BCUT2D eigenvalue weighted by molar-refractivity contribution is 0.102. The third-order valence-corrected chi connectivity index (χ3v) is 6.28.